The van der Waals surface area contributed by atoms with Crippen LogP contribution in [0.25, 0.3) is 0 Å². The number of halogens is 2. The van der Waals surface area contributed by atoms with E-state index < -0.39 is 0 Å². The fourth-order valence-corrected chi connectivity index (χ4v) is 3.57. The number of benzene rings is 1. The van der Waals surface area contributed by atoms with Crippen LogP contribution in [-0.4, -0.2) is 23.9 Å². The first-order valence-electron chi connectivity index (χ1n) is 6.40. The van der Waals surface area contributed by atoms with Crippen LogP contribution in [0.2, 0.25) is 0 Å². The van der Waals surface area contributed by atoms with Gasteiger partial charge in [0, 0.05) is 16.4 Å². The molecule has 0 aliphatic heterocycles. The van der Waals surface area contributed by atoms with Gasteiger partial charge in [-0.1, -0.05) is 28.8 Å². The third-order valence-corrected chi connectivity index (χ3v) is 5.13. The number of alkyl halides is 1. The van der Waals surface area contributed by atoms with E-state index in [2.05, 4.69) is 37.2 Å². The molecule has 19 heavy (non-hydrogen) atoms. The second-order valence-electron chi connectivity index (χ2n) is 4.73. The predicted molar refractivity (Wildman–Crippen MR) is 83.1 cm³/mol. The Kier molecular flexibility index (Phi) is 5.28. The molecule has 104 valence electrons. The summed E-state index contributed by atoms with van der Waals surface area (Å²) in [5, 5.41) is 3.10. The molecule has 2 rings (SSSR count). The van der Waals surface area contributed by atoms with Crippen molar-refractivity contribution < 1.29 is 9.53 Å². The summed E-state index contributed by atoms with van der Waals surface area (Å²) in [6.45, 7) is 0. The highest BCUT2D eigenvalue weighted by Crippen LogP contribution is 2.27. The highest BCUT2D eigenvalue weighted by atomic mass is 79.9. The molecule has 1 aliphatic carbocycles. The fourth-order valence-electron chi connectivity index (χ4n) is 2.31. The van der Waals surface area contributed by atoms with Crippen molar-refractivity contribution in [2.45, 2.75) is 36.6 Å². The Labute approximate surface area is 130 Å². The van der Waals surface area contributed by atoms with Gasteiger partial charge in [0.1, 0.15) is 5.75 Å². The average Bonchev–Trinajstić information content (AvgIpc) is 2.41. The van der Waals surface area contributed by atoms with E-state index in [1.165, 1.54) is 12.8 Å². The molecular formula is C14H17Br2NO2. The smallest absolute Gasteiger partial charge is 0.251 e. The maximum Gasteiger partial charge on any atom is 0.251 e. The van der Waals surface area contributed by atoms with Crippen LogP contribution in [0.1, 0.15) is 36.0 Å². The van der Waals surface area contributed by atoms with E-state index in [-0.39, 0.29) is 11.9 Å². The lowest BCUT2D eigenvalue weighted by atomic mass is 9.95. The quantitative estimate of drug-likeness (QED) is 0.795. The summed E-state index contributed by atoms with van der Waals surface area (Å²) in [5.41, 5.74) is 0.651. The van der Waals surface area contributed by atoms with Gasteiger partial charge < -0.3 is 10.1 Å². The van der Waals surface area contributed by atoms with Crippen LogP contribution in [0.15, 0.2) is 22.7 Å². The largest absolute Gasteiger partial charge is 0.496 e. The summed E-state index contributed by atoms with van der Waals surface area (Å²) in [6, 6.07) is 5.60. The first kappa shape index (κ1) is 14.9. The van der Waals surface area contributed by atoms with E-state index in [4.69, 9.17) is 4.74 Å². The Morgan fingerprint density at radius 2 is 2.11 bits per heavy atom. The molecule has 0 bridgehead atoms. The van der Waals surface area contributed by atoms with Gasteiger partial charge in [0.15, 0.2) is 0 Å². The third-order valence-electron chi connectivity index (χ3n) is 3.41. The summed E-state index contributed by atoms with van der Waals surface area (Å²) in [6.07, 6.45) is 4.58. The molecular weight excluding hydrogens is 374 g/mol. The zero-order chi connectivity index (χ0) is 13.8. The van der Waals surface area contributed by atoms with E-state index in [1.54, 1.807) is 25.3 Å². The highest BCUT2D eigenvalue weighted by Gasteiger charge is 2.24. The highest BCUT2D eigenvalue weighted by molar-refractivity contribution is 9.10. The topological polar surface area (TPSA) is 38.3 Å². The fraction of sp³-hybridized carbons (Fsp3) is 0.500. The van der Waals surface area contributed by atoms with E-state index in [0.29, 0.717) is 10.4 Å². The molecule has 5 heteroatoms. The molecule has 1 saturated carbocycles. The van der Waals surface area contributed by atoms with Crippen molar-refractivity contribution in [1.29, 1.82) is 0 Å². The molecule has 0 saturated heterocycles. The van der Waals surface area contributed by atoms with Crippen LogP contribution in [0, 0.1) is 0 Å². The normalized spacial score (nSPS) is 22.9. The monoisotopic (exact) mass is 389 g/mol. The molecule has 2 unspecified atom stereocenters. The van der Waals surface area contributed by atoms with Gasteiger partial charge >= 0.3 is 0 Å². The number of ether oxygens (including phenoxy) is 1. The number of carbonyl (C=O) groups is 1. The molecule has 2 atom stereocenters. The summed E-state index contributed by atoms with van der Waals surface area (Å²) >= 11 is 7.05. The number of hydrogen-bond donors (Lipinski definition) is 1. The Morgan fingerprint density at radius 3 is 2.74 bits per heavy atom. The lowest BCUT2D eigenvalue weighted by molar-refractivity contribution is 0.0929. The molecule has 1 aromatic rings. The van der Waals surface area contributed by atoms with Crippen LogP contribution >= 0.6 is 31.9 Å². The molecule has 1 aliphatic rings. The minimum absolute atomic E-state index is 0.0281. The van der Waals surface area contributed by atoms with Gasteiger partial charge in [-0.2, -0.15) is 0 Å². The Morgan fingerprint density at radius 1 is 1.37 bits per heavy atom. The molecule has 1 amide bonds. The Bertz CT molecular complexity index is 465. The second kappa shape index (κ2) is 6.75. The van der Waals surface area contributed by atoms with Crippen LogP contribution in [0.4, 0.5) is 0 Å². The lowest BCUT2D eigenvalue weighted by Gasteiger charge is -2.28. The average molecular weight is 391 g/mol. The Balaban J connectivity index is 2.05. The Hall–Kier alpha value is -0.550. The first-order chi connectivity index (χ1) is 9.11. The van der Waals surface area contributed by atoms with Crippen LogP contribution in [0.3, 0.4) is 0 Å². The third kappa shape index (κ3) is 3.72. The molecule has 0 aromatic heterocycles. The van der Waals surface area contributed by atoms with Gasteiger partial charge in [0.2, 0.25) is 0 Å². The number of amides is 1. The van der Waals surface area contributed by atoms with Gasteiger partial charge in [-0.3, -0.25) is 4.79 Å². The number of nitrogens with one attached hydrogen (secondary N) is 1. The zero-order valence-electron chi connectivity index (χ0n) is 10.8. The SMILES string of the molecule is COc1ccc(C(=O)NC2CCCCC2Br)cc1Br. The first-order valence-corrected chi connectivity index (χ1v) is 8.11. The number of rotatable bonds is 3. The zero-order valence-corrected chi connectivity index (χ0v) is 14.0. The molecule has 1 fully saturated rings. The molecule has 0 radical (unpaired) electrons. The van der Waals surface area contributed by atoms with Gasteiger partial charge in [0.05, 0.1) is 11.6 Å². The molecule has 3 nitrogen and oxygen atoms in total. The van der Waals surface area contributed by atoms with Crippen molar-refractivity contribution in [2.75, 3.05) is 7.11 Å². The molecule has 1 aromatic carbocycles. The minimum atomic E-state index is -0.0281. The maximum atomic E-state index is 12.2. The molecule has 1 N–H and O–H groups in total. The summed E-state index contributed by atoms with van der Waals surface area (Å²) < 4.78 is 5.95. The number of methoxy groups -OCH3 is 1. The standard InChI is InChI=1S/C14H17Br2NO2/c1-19-13-7-6-9(8-11(13)16)14(18)17-12-5-3-2-4-10(12)15/h6-8,10,12H,2-5H2,1H3,(H,17,18). The summed E-state index contributed by atoms with van der Waals surface area (Å²) in [5.74, 6) is 0.701. The predicted octanol–water partition coefficient (Wildman–Crippen LogP) is 3.89. The van der Waals surface area contributed by atoms with Crippen LogP contribution < -0.4 is 10.1 Å². The van der Waals surface area contributed by atoms with Crippen molar-refractivity contribution in [3.05, 3.63) is 28.2 Å². The lowest BCUT2D eigenvalue weighted by Crippen LogP contribution is -2.42. The molecule has 0 heterocycles. The van der Waals surface area contributed by atoms with E-state index in [0.717, 1.165) is 23.1 Å². The van der Waals surface area contributed by atoms with Crippen molar-refractivity contribution in [2.24, 2.45) is 0 Å². The van der Waals surface area contributed by atoms with Crippen molar-refractivity contribution in [3.63, 3.8) is 0 Å². The van der Waals surface area contributed by atoms with E-state index in [1.807, 2.05) is 0 Å². The van der Waals surface area contributed by atoms with Gasteiger partial charge in [-0.05, 0) is 47.0 Å². The maximum absolute atomic E-state index is 12.2. The van der Waals surface area contributed by atoms with E-state index in [9.17, 15) is 4.79 Å². The second-order valence-corrected chi connectivity index (χ2v) is 6.76. The number of carbonyl (C=O) groups excluding carboxylic acids is 1. The van der Waals surface area contributed by atoms with Crippen LogP contribution in [-0.2, 0) is 0 Å². The van der Waals surface area contributed by atoms with Crippen molar-refractivity contribution in [3.8, 4) is 5.75 Å². The summed E-state index contributed by atoms with van der Waals surface area (Å²) in [4.78, 5) is 12.6. The van der Waals surface area contributed by atoms with Gasteiger partial charge in [-0.15, -0.1) is 0 Å². The van der Waals surface area contributed by atoms with Gasteiger partial charge in [0.25, 0.3) is 5.91 Å². The number of hydrogen-bond acceptors (Lipinski definition) is 2. The van der Waals surface area contributed by atoms with Gasteiger partial charge in [-0.25, -0.2) is 0 Å². The van der Waals surface area contributed by atoms with E-state index >= 15 is 0 Å². The molecule has 0 spiro atoms. The van der Waals surface area contributed by atoms with Crippen molar-refractivity contribution >= 4 is 37.8 Å². The van der Waals surface area contributed by atoms with Crippen molar-refractivity contribution in [1.82, 2.24) is 5.32 Å². The van der Waals surface area contributed by atoms with Crippen LogP contribution in [0.5, 0.6) is 5.75 Å². The minimum Gasteiger partial charge on any atom is -0.496 e. The summed E-state index contributed by atoms with van der Waals surface area (Å²) in [7, 11) is 1.61.